The molecule has 7 nitrogen and oxygen atoms in total. The summed E-state index contributed by atoms with van der Waals surface area (Å²) in [6.07, 6.45) is 0.152. The van der Waals surface area contributed by atoms with Crippen LogP contribution in [0.2, 0.25) is 0 Å². The predicted octanol–water partition coefficient (Wildman–Crippen LogP) is 0.890. The minimum Gasteiger partial charge on any atom is -0.550 e. The van der Waals surface area contributed by atoms with Crippen molar-refractivity contribution in [2.24, 2.45) is 0 Å². The Hall–Kier alpha value is -3.35. The van der Waals surface area contributed by atoms with E-state index in [1.807, 2.05) is 30.3 Å². The highest BCUT2D eigenvalue weighted by Crippen LogP contribution is 2.25. The third kappa shape index (κ3) is 4.44. The molecule has 1 heterocycles. The average Bonchev–Trinajstić information content (AvgIpc) is 2.77. The van der Waals surface area contributed by atoms with E-state index in [4.69, 9.17) is 0 Å². The summed E-state index contributed by atoms with van der Waals surface area (Å²) in [5, 5.41) is 23.2. The molecule has 0 radical (unpaired) electrons. The van der Waals surface area contributed by atoms with Gasteiger partial charge in [0, 0.05) is 31.2 Å². The van der Waals surface area contributed by atoms with Gasteiger partial charge in [-0.3, -0.25) is 4.79 Å². The summed E-state index contributed by atoms with van der Waals surface area (Å²) in [6, 6.07) is 13.2. The van der Waals surface area contributed by atoms with E-state index in [2.05, 4.69) is 5.32 Å². The minimum absolute atomic E-state index is 0.115. The number of carbonyl (C=O) groups excluding carboxylic acids is 2. The number of carboxylic acids is 2. The zero-order valence-corrected chi connectivity index (χ0v) is 14.6. The fourth-order valence-electron chi connectivity index (χ4n) is 3.15. The Bertz CT molecular complexity index is 866. The molecule has 2 N–H and O–H groups in total. The van der Waals surface area contributed by atoms with E-state index in [0.29, 0.717) is 24.2 Å². The van der Waals surface area contributed by atoms with E-state index in [0.717, 1.165) is 5.56 Å². The number of rotatable bonds is 6. The van der Waals surface area contributed by atoms with Crippen LogP contribution in [-0.2, 0) is 22.6 Å². The van der Waals surface area contributed by atoms with Crippen LogP contribution in [0.1, 0.15) is 27.9 Å². The van der Waals surface area contributed by atoms with Crippen molar-refractivity contribution in [1.82, 2.24) is 4.90 Å². The molecule has 1 aliphatic rings. The molecule has 0 saturated carbocycles. The summed E-state index contributed by atoms with van der Waals surface area (Å²) in [5.41, 5.74) is 2.36. The van der Waals surface area contributed by atoms with Gasteiger partial charge in [-0.05, 0) is 35.7 Å². The molecule has 0 bridgehead atoms. The van der Waals surface area contributed by atoms with Gasteiger partial charge in [0.1, 0.15) is 6.04 Å². The molecular weight excluding hydrogens is 348 g/mol. The quantitative estimate of drug-likeness (QED) is 0.785. The maximum absolute atomic E-state index is 12.8. The van der Waals surface area contributed by atoms with Gasteiger partial charge < -0.3 is 25.2 Å². The lowest BCUT2D eigenvalue weighted by atomic mass is 10.1. The van der Waals surface area contributed by atoms with E-state index >= 15 is 0 Å². The average molecular weight is 367 g/mol. The number of carbonyl (C=O) groups is 3. The summed E-state index contributed by atoms with van der Waals surface area (Å²) >= 11 is 0. The molecule has 1 aliphatic heterocycles. The Morgan fingerprint density at radius 1 is 1.19 bits per heavy atom. The van der Waals surface area contributed by atoms with Gasteiger partial charge in [0.25, 0.3) is 0 Å². The lowest BCUT2D eigenvalue weighted by Crippen LogP contribution is -2.44. The molecule has 1 amide bonds. The molecule has 0 spiro atoms. The van der Waals surface area contributed by atoms with Crippen LogP contribution in [0, 0.1) is 0 Å². The second-order valence-corrected chi connectivity index (χ2v) is 6.45. The monoisotopic (exact) mass is 367 g/mol. The lowest BCUT2D eigenvalue weighted by molar-refractivity contribution is -0.305. The van der Waals surface area contributed by atoms with E-state index in [9.17, 15) is 24.6 Å². The first-order valence-electron chi connectivity index (χ1n) is 8.59. The Morgan fingerprint density at radius 2 is 1.93 bits per heavy atom. The van der Waals surface area contributed by atoms with Crippen LogP contribution in [0.25, 0.3) is 0 Å². The molecule has 0 saturated heterocycles. The van der Waals surface area contributed by atoms with E-state index in [1.165, 1.54) is 12.1 Å². The standard InChI is InChI=1S/C20H20N2O5/c23-18(24)11-17-19(25)22(9-8-13-4-2-1-3-5-13)12-15-10-14(20(26)27)6-7-16(15)21-17/h1-7,10,17,21H,8-9,11-12H2,(H,23,24)(H,26,27)/p-1. The van der Waals surface area contributed by atoms with Crippen molar-refractivity contribution in [3.8, 4) is 0 Å². The fraction of sp³-hybridized carbons (Fsp3) is 0.250. The fourth-order valence-corrected chi connectivity index (χ4v) is 3.15. The van der Waals surface area contributed by atoms with Crippen molar-refractivity contribution in [3.63, 3.8) is 0 Å². The smallest absolute Gasteiger partial charge is 0.335 e. The SMILES string of the molecule is O=C([O-])CC1Nc2ccc(C(=O)O)cc2CN(CCc2ccccc2)C1=O. The molecular formula is C20H19N2O5-. The van der Waals surface area contributed by atoms with Crippen LogP contribution in [0.5, 0.6) is 0 Å². The number of nitrogens with one attached hydrogen (secondary N) is 1. The molecule has 3 rings (SSSR count). The summed E-state index contributed by atoms with van der Waals surface area (Å²) in [5.74, 6) is -2.73. The second kappa shape index (κ2) is 7.90. The number of benzene rings is 2. The van der Waals surface area contributed by atoms with Crippen LogP contribution >= 0.6 is 0 Å². The van der Waals surface area contributed by atoms with Crippen molar-refractivity contribution in [2.45, 2.75) is 25.4 Å². The molecule has 2 aromatic carbocycles. The van der Waals surface area contributed by atoms with Crippen molar-refractivity contribution in [3.05, 3.63) is 65.2 Å². The zero-order chi connectivity index (χ0) is 19.4. The maximum atomic E-state index is 12.8. The highest BCUT2D eigenvalue weighted by Gasteiger charge is 2.29. The van der Waals surface area contributed by atoms with Gasteiger partial charge in [-0.1, -0.05) is 30.3 Å². The Kier molecular flexibility index (Phi) is 5.40. The number of aliphatic carboxylic acids is 1. The molecule has 27 heavy (non-hydrogen) atoms. The summed E-state index contributed by atoms with van der Waals surface area (Å²) in [7, 11) is 0. The molecule has 2 aromatic rings. The van der Waals surface area contributed by atoms with E-state index < -0.39 is 24.4 Å². The van der Waals surface area contributed by atoms with Crippen molar-refractivity contribution < 1.29 is 24.6 Å². The third-order valence-corrected chi connectivity index (χ3v) is 4.54. The van der Waals surface area contributed by atoms with Gasteiger partial charge in [-0.2, -0.15) is 0 Å². The van der Waals surface area contributed by atoms with Crippen LogP contribution in [0.4, 0.5) is 5.69 Å². The second-order valence-electron chi connectivity index (χ2n) is 6.45. The summed E-state index contributed by atoms with van der Waals surface area (Å²) < 4.78 is 0. The van der Waals surface area contributed by atoms with Crippen LogP contribution in [-0.4, -0.2) is 40.4 Å². The summed E-state index contributed by atoms with van der Waals surface area (Å²) in [4.78, 5) is 36.7. The lowest BCUT2D eigenvalue weighted by Gasteiger charge is -2.25. The maximum Gasteiger partial charge on any atom is 0.335 e. The normalized spacial score (nSPS) is 16.2. The number of aromatic carboxylic acids is 1. The number of hydrogen-bond donors (Lipinski definition) is 2. The molecule has 1 atom stereocenters. The van der Waals surface area contributed by atoms with E-state index in [-0.39, 0.29) is 18.0 Å². The number of amides is 1. The van der Waals surface area contributed by atoms with Gasteiger partial charge in [-0.25, -0.2) is 4.79 Å². The highest BCUT2D eigenvalue weighted by atomic mass is 16.4. The van der Waals surface area contributed by atoms with Crippen molar-refractivity contribution in [1.29, 1.82) is 0 Å². The Balaban J connectivity index is 1.88. The Morgan fingerprint density at radius 3 is 2.59 bits per heavy atom. The first kappa shape index (κ1) is 18.4. The summed E-state index contributed by atoms with van der Waals surface area (Å²) in [6.45, 7) is 0.601. The molecule has 0 aromatic heterocycles. The first-order valence-corrected chi connectivity index (χ1v) is 8.59. The van der Waals surface area contributed by atoms with Crippen LogP contribution < -0.4 is 10.4 Å². The Labute approximate surface area is 156 Å². The van der Waals surface area contributed by atoms with Gasteiger partial charge >= 0.3 is 5.97 Å². The number of fused-ring (bicyclic) bond motifs is 1. The molecule has 0 aliphatic carbocycles. The molecule has 7 heteroatoms. The zero-order valence-electron chi connectivity index (χ0n) is 14.6. The van der Waals surface area contributed by atoms with Gasteiger partial charge in [0.05, 0.1) is 5.56 Å². The first-order chi connectivity index (χ1) is 12.9. The van der Waals surface area contributed by atoms with Crippen molar-refractivity contribution in [2.75, 3.05) is 11.9 Å². The predicted molar refractivity (Wildman–Crippen MR) is 96.0 cm³/mol. The van der Waals surface area contributed by atoms with Crippen LogP contribution in [0.15, 0.2) is 48.5 Å². The molecule has 0 fully saturated rings. The van der Waals surface area contributed by atoms with Gasteiger partial charge in [-0.15, -0.1) is 0 Å². The number of anilines is 1. The number of hydrogen-bond acceptors (Lipinski definition) is 5. The molecule has 1 unspecified atom stereocenters. The van der Waals surface area contributed by atoms with E-state index in [1.54, 1.807) is 11.0 Å². The van der Waals surface area contributed by atoms with Crippen LogP contribution in [0.3, 0.4) is 0 Å². The van der Waals surface area contributed by atoms with Gasteiger partial charge in [0.2, 0.25) is 5.91 Å². The number of carboxylic acid groups (broad SMARTS) is 2. The highest BCUT2D eigenvalue weighted by molar-refractivity contribution is 5.91. The minimum atomic E-state index is -1.32. The van der Waals surface area contributed by atoms with Gasteiger partial charge in [0.15, 0.2) is 0 Å². The number of nitrogens with zero attached hydrogens (tertiary/aromatic N) is 1. The van der Waals surface area contributed by atoms with Crippen molar-refractivity contribution >= 4 is 23.5 Å². The topological polar surface area (TPSA) is 110 Å². The largest absolute Gasteiger partial charge is 0.550 e. The third-order valence-electron chi connectivity index (χ3n) is 4.54. The molecule has 140 valence electrons.